The summed E-state index contributed by atoms with van der Waals surface area (Å²) < 4.78 is 15.0. The van der Waals surface area contributed by atoms with Crippen LogP contribution in [0.15, 0.2) is 66.9 Å². The Bertz CT molecular complexity index is 1100. The highest BCUT2D eigenvalue weighted by Gasteiger charge is 2.09. The van der Waals surface area contributed by atoms with Crippen LogP contribution in [0.25, 0.3) is 22.2 Å². The standard InChI is InChI=1S/C24H25FN4/c1-28(17-20-7-3-6-19-8-4-14-26-24(19)20)15-5-9-22-16-23(29(2)27-22)18-10-12-21(25)13-11-18/h3-4,6-8,10-14,16H,5,9,15,17H2,1-2H3. The van der Waals surface area contributed by atoms with Crippen LogP contribution >= 0.6 is 0 Å². The normalized spacial score (nSPS) is 11.4. The highest BCUT2D eigenvalue weighted by molar-refractivity contribution is 5.81. The summed E-state index contributed by atoms with van der Waals surface area (Å²) in [4.78, 5) is 6.87. The molecular formula is C24H25FN4. The number of pyridine rings is 1. The third-order valence-electron chi connectivity index (χ3n) is 5.20. The fraction of sp³-hybridized carbons (Fsp3) is 0.250. The first-order valence-electron chi connectivity index (χ1n) is 9.90. The van der Waals surface area contributed by atoms with Gasteiger partial charge in [0.1, 0.15) is 5.82 Å². The number of fused-ring (bicyclic) bond motifs is 1. The summed E-state index contributed by atoms with van der Waals surface area (Å²) in [6, 6.07) is 19.1. The average molecular weight is 388 g/mol. The van der Waals surface area contributed by atoms with Crippen molar-refractivity contribution in [1.29, 1.82) is 0 Å². The fourth-order valence-electron chi connectivity index (χ4n) is 3.73. The number of halogens is 1. The minimum Gasteiger partial charge on any atom is -0.302 e. The molecule has 29 heavy (non-hydrogen) atoms. The van der Waals surface area contributed by atoms with E-state index in [9.17, 15) is 4.39 Å². The van der Waals surface area contributed by atoms with Crippen LogP contribution < -0.4 is 0 Å². The van der Waals surface area contributed by atoms with Gasteiger partial charge < -0.3 is 4.90 Å². The summed E-state index contributed by atoms with van der Waals surface area (Å²) in [5.74, 6) is -0.222. The summed E-state index contributed by atoms with van der Waals surface area (Å²) in [5.41, 5.74) is 5.38. The van der Waals surface area contributed by atoms with E-state index in [-0.39, 0.29) is 5.82 Å². The Balaban J connectivity index is 1.35. The molecule has 0 N–H and O–H groups in total. The molecule has 0 unspecified atom stereocenters. The highest BCUT2D eigenvalue weighted by Crippen LogP contribution is 2.21. The lowest BCUT2D eigenvalue weighted by Crippen LogP contribution is -2.20. The van der Waals surface area contributed by atoms with E-state index in [1.54, 1.807) is 12.1 Å². The van der Waals surface area contributed by atoms with Gasteiger partial charge in [0.2, 0.25) is 0 Å². The molecule has 0 aliphatic rings. The van der Waals surface area contributed by atoms with Crippen molar-refractivity contribution in [3.63, 3.8) is 0 Å². The smallest absolute Gasteiger partial charge is 0.123 e. The molecule has 2 aromatic heterocycles. The molecule has 0 saturated carbocycles. The minimum absolute atomic E-state index is 0.222. The van der Waals surface area contributed by atoms with E-state index in [4.69, 9.17) is 0 Å². The second kappa shape index (κ2) is 8.53. The summed E-state index contributed by atoms with van der Waals surface area (Å²) in [6.07, 6.45) is 3.79. The molecule has 0 amide bonds. The molecule has 2 heterocycles. The molecule has 0 radical (unpaired) electrons. The van der Waals surface area contributed by atoms with Crippen molar-refractivity contribution in [1.82, 2.24) is 19.7 Å². The largest absolute Gasteiger partial charge is 0.302 e. The van der Waals surface area contributed by atoms with Crippen LogP contribution in [0.3, 0.4) is 0 Å². The molecule has 148 valence electrons. The lowest BCUT2D eigenvalue weighted by atomic mass is 10.1. The number of aromatic nitrogens is 3. The van der Waals surface area contributed by atoms with E-state index < -0.39 is 0 Å². The van der Waals surface area contributed by atoms with Crippen molar-refractivity contribution in [2.24, 2.45) is 7.05 Å². The Labute approximate surface area is 170 Å². The second-order valence-electron chi connectivity index (χ2n) is 7.49. The van der Waals surface area contributed by atoms with Crippen molar-refractivity contribution in [2.75, 3.05) is 13.6 Å². The zero-order chi connectivity index (χ0) is 20.2. The van der Waals surface area contributed by atoms with Crippen LogP contribution in [0.2, 0.25) is 0 Å². The molecular weight excluding hydrogens is 363 g/mol. The van der Waals surface area contributed by atoms with Gasteiger partial charge in [-0.25, -0.2) is 4.39 Å². The highest BCUT2D eigenvalue weighted by atomic mass is 19.1. The number of hydrogen-bond donors (Lipinski definition) is 0. The van der Waals surface area contributed by atoms with E-state index in [1.807, 2.05) is 24.0 Å². The minimum atomic E-state index is -0.222. The summed E-state index contributed by atoms with van der Waals surface area (Å²) in [6.45, 7) is 1.85. The van der Waals surface area contributed by atoms with E-state index in [0.29, 0.717) is 0 Å². The predicted octanol–water partition coefficient (Wildman–Crippen LogP) is 4.84. The number of benzene rings is 2. The van der Waals surface area contributed by atoms with Crippen LogP contribution in [0, 0.1) is 5.82 Å². The Morgan fingerprint density at radius 2 is 1.83 bits per heavy atom. The van der Waals surface area contributed by atoms with Gasteiger partial charge in [-0.15, -0.1) is 0 Å². The molecule has 0 aliphatic heterocycles. The first-order chi connectivity index (χ1) is 14.1. The quantitative estimate of drug-likeness (QED) is 0.454. The van der Waals surface area contributed by atoms with Gasteiger partial charge in [-0.05, 0) is 74.0 Å². The molecule has 0 atom stereocenters. The van der Waals surface area contributed by atoms with Gasteiger partial charge in [-0.2, -0.15) is 5.10 Å². The van der Waals surface area contributed by atoms with Crippen LogP contribution in [0.1, 0.15) is 17.7 Å². The van der Waals surface area contributed by atoms with Crippen molar-refractivity contribution in [3.8, 4) is 11.3 Å². The maximum atomic E-state index is 13.2. The number of rotatable bonds is 7. The Kier molecular flexibility index (Phi) is 5.67. The molecule has 4 aromatic rings. The van der Waals surface area contributed by atoms with E-state index in [1.165, 1.54) is 23.1 Å². The average Bonchev–Trinajstić information content (AvgIpc) is 3.09. The summed E-state index contributed by atoms with van der Waals surface area (Å²) in [5, 5.41) is 5.81. The van der Waals surface area contributed by atoms with Gasteiger partial charge >= 0.3 is 0 Å². The van der Waals surface area contributed by atoms with E-state index in [2.05, 4.69) is 52.4 Å². The Morgan fingerprint density at radius 1 is 1.03 bits per heavy atom. The van der Waals surface area contributed by atoms with Crippen molar-refractivity contribution in [3.05, 3.63) is 83.9 Å². The molecule has 2 aromatic carbocycles. The van der Waals surface area contributed by atoms with Gasteiger partial charge in [0.05, 0.1) is 16.9 Å². The zero-order valence-electron chi connectivity index (χ0n) is 16.8. The molecule has 4 rings (SSSR count). The van der Waals surface area contributed by atoms with Gasteiger partial charge in [0.25, 0.3) is 0 Å². The lowest BCUT2D eigenvalue weighted by molar-refractivity contribution is 0.322. The maximum Gasteiger partial charge on any atom is 0.123 e. The first kappa shape index (κ1) is 19.3. The topological polar surface area (TPSA) is 34.0 Å². The molecule has 4 nitrogen and oxygen atoms in total. The van der Waals surface area contributed by atoms with Crippen molar-refractivity contribution < 1.29 is 4.39 Å². The third kappa shape index (κ3) is 4.51. The molecule has 0 bridgehead atoms. The Morgan fingerprint density at radius 3 is 2.66 bits per heavy atom. The molecule has 5 heteroatoms. The van der Waals surface area contributed by atoms with Crippen molar-refractivity contribution in [2.45, 2.75) is 19.4 Å². The number of para-hydroxylation sites is 1. The summed E-state index contributed by atoms with van der Waals surface area (Å²) in [7, 11) is 4.08. The molecule has 0 fully saturated rings. The van der Waals surface area contributed by atoms with Crippen LogP contribution in [0.5, 0.6) is 0 Å². The predicted molar refractivity (Wildman–Crippen MR) is 115 cm³/mol. The van der Waals surface area contributed by atoms with Gasteiger partial charge in [0.15, 0.2) is 0 Å². The van der Waals surface area contributed by atoms with E-state index in [0.717, 1.165) is 48.4 Å². The van der Waals surface area contributed by atoms with Crippen LogP contribution in [-0.2, 0) is 20.0 Å². The second-order valence-corrected chi connectivity index (χ2v) is 7.49. The fourth-order valence-corrected chi connectivity index (χ4v) is 3.73. The molecule has 0 spiro atoms. The van der Waals surface area contributed by atoms with Crippen LogP contribution in [0.4, 0.5) is 4.39 Å². The maximum absolute atomic E-state index is 13.2. The van der Waals surface area contributed by atoms with E-state index >= 15 is 0 Å². The Hall–Kier alpha value is -3.05. The molecule has 0 saturated heterocycles. The third-order valence-corrected chi connectivity index (χ3v) is 5.20. The molecule has 0 aliphatic carbocycles. The number of hydrogen-bond acceptors (Lipinski definition) is 3. The van der Waals surface area contributed by atoms with Gasteiger partial charge in [0, 0.05) is 25.2 Å². The monoisotopic (exact) mass is 388 g/mol. The SMILES string of the molecule is CN(CCCc1cc(-c2ccc(F)cc2)n(C)n1)Cc1cccc2cccnc12. The zero-order valence-corrected chi connectivity index (χ0v) is 16.8. The van der Waals surface area contributed by atoms with Crippen molar-refractivity contribution >= 4 is 10.9 Å². The van der Waals surface area contributed by atoms with Gasteiger partial charge in [-0.3, -0.25) is 9.67 Å². The number of aryl methyl sites for hydroxylation is 2. The first-order valence-corrected chi connectivity index (χ1v) is 9.90. The van der Waals surface area contributed by atoms with Gasteiger partial charge in [-0.1, -0.05) is 24.3 Å². The summed E-state index contributed by atoms with van der Waals surface area (Å²) >= 11 is 0. The number of nitrogens with zero attached hydrogens (tertiary/aromatic N) is 4. The lowest BCUT2D eigenvalue weighted by Gasteiger charge is -2.17. The van der Waals surface area contributed by atoms with Crippen LogP contribution in [-0.4, -0.2) is 33.3 Å².